The fourth-order valence-electron chi connectivity index (χ4n) is 4.42. The molecule has 0 aromatic carbocycles. The molecule has 2 aliphatic rings. The molecule has 2 saturated heterocycles. The average Bonchev–Trinajstić information content (AvgIpc) is 2.80. The standard InChI is InChI=1S/C23H29N5O2/c1-17-25-16-20(23(30)28-10-3-2-4-11-28)22(26-17)19-7-12-27(13-8-19)21(29)14-18-6-5-9-24-15-18/h5-6,9,15-16,19H,2-4,7-8,10-14H2,1H3. The van der Waals surface area contributed by atoms with Gasteiger partial charge in [0, 0.05) is 50.7 Å². The van der Waals surface area contributed by atoms with Crippen LogP contribution in [0, 0.1) is 6.92 Å². The van der Waals surface area contributed by atoms with Crippen molar-refractivity contribution in [3.8, 4) is 0 Å². The van der Waals surface area contributed by atoms with E-state index in [0.29, 0.717) is 30.9 Å². The monoisotopic (exact) mass is 407 g/mol. The topological polar surface area (TPSA) is 79.3 Å². The predicted octanol–water partition coefficient (Wildman–Crippen LogP) is 2.75. The Morgan fingerprint density at radius 3 is 2.50 bits per heavy atom. The minimum atomic E-state index is 0.0554. The summed E-state index contributed by atoms with van der Waals surface area (Å²) in [6.45, 7) is 4.86. The first-order valence-corrected chi connectivity index (χ1v) is 10.9. The first-order valence-electron chi connectivity index (χ1n) is 10.9. The van der Waals surface area contributed by atoms with Gasteiger partial charge in [0.05, 0.1) is 17.7 Å². The van der Waals surface area contributed by atoms with E-state index in [1.54, 1.807) is 18.6 Å². The lowest BCUT2D eigenvalue weighted by atomic mass is 9.90. The molecule has 158 valence electrons. The fourth-order valence-corrected chi connectivity index (χ4v) is 4.42. The highest BCUT2D eigenvalue weighted by molar-refractivity contribution is 5.95. The number of likely N-dealkylation sites (tertiary alicyclic amines) is 2. The minimum Gasteiger partial charge on any atom is -0.342 e. The summed E-state index contributed by atoms with van der Waals surface area (Å²) >= 11 is 0. The first-order chi connectivity index (χ1) is 14.6. The number of hydrogen-bond donors (Lipinski definition) is 0. The van der Waals surface area contributed by atoms with Gasteiger partial charge < -0.3 is 9.80 Å². The van der Waals surface area contributed by atoms with Crippen LogP contribution in [0.4, 0.5) is 0 Å². The molecule has 7 heteroatoms. The molecule has 0 radical (unpaired) electrons. The van der Waals surface area contributed by atoms with Gasteiger partial charge in [-0.3, -0.25) is 14.6 Å². The van der Waals surface area contributed by atoms with E-state index in [-0.39, 0.29) is 17.7 Å². The molecule has 30 heavy (non-hydrogen) atoms. The molecule has 2 fully saturated rings. The van der Waals surface area contributed by atoms with E-state index in [0.717, 1.165) is 50.0 Å². The molecule has 4 heterocycles. The van der Waals surface area contributed by atoms with Crippen LogP contribution in [0.2, 0.25) is 0 Å². The van der Waals surface area contributed by atoms with Crippen molar-refractivity contribution in [3.63, 3.8) is 0 Å². The highest BCUT2D eigenvalue weighted by atomic mass is 16.2. The third-order valence-corrected chi connectivity index (χ3v) is 6.12. The summed E-state index contributed by atoms with van der Waals surface area (Å²) < 4.78 is 0. The second-order valence-corrected chi connectivity index (χ2v) is 8.26. The summed E-state index contributed by atoms with van der Waals surface area (Å²) in [5.41, 5.74) is 2.44. The average molecular weight is 408 g/mol. The Kier molecular flexibility index (Phi) is 6.35. The lowest BCUT2D eigenvalue weighted by molar-refractivity contribution is -0.131. The van der Waals surface area contributed by atoms with Gasteiger partial charge in [-0.1, -0.05) is 6.07 Å². The smallest absolute Gasteiger partial charge is 0.257 e. The number of carbonyl (C=O) groups is 2. The van der Waals surface area contributed by atoms with Crippen LogP contribution in [0.3, 0.4) is 0 Å². The number of rotatable bonds is 4. The van der Waals surface area contributed by atoms with Gasteiger partial charge in [-0.25, -0.2) is 9.97 Å². The highest BCUT2D eigenvalue weighted by Gasteiger charge is 2.30. The number of pyridine rings is 1. The quantitative estimate of drug-likeness (QED) is 0.779. The van der Waals surface area contributed by atoms with Gasteiger partial charge in [0.1, 0.15) is 5.82 Å². The van der Waals surface area contributed by atoms with Crippen molar-refractivity contribution in [1.82, 2.24) is 24.8 Å². The van der Waals surface area contributed by atoms with Gasteiger partial charge in [-0.15, -0.1) is 0 Å². The Bertz CT molecular complexity index is 888. The Labute approximate surface area is 177 Å². The van der Waals surface area contributed by atoms with E-state index in [1.807, 2.05) is 28.9 Å². The summed E-state index contributed by atoms with van der Waals surface area (Å²) in [5, 5.41) is 0. The van der Waals surface area contributed by atoms with Crippen LogP contribution in [-0.4, -0.2) is 62.7 Å². The Hall–Kier alpha value is -2.83. The first kappa shape index (κ1) is 20.4. The molecule has 2 aromatic rings. The number of piperidine rings is 2. The lowest BCUT2D eigenvalue weighted by Crippen LogP contribution is -2.40. The van der Waals surface area contributed by atoms with Crippen molar-refractivity contribution < 1.29 is 9.59 Å². The number of aromatic nitrogens is 3. The van der Waals surface area contributed by atoms with Crippen molar-refractivity contribution in [3.05, 3.63) is 53.4 Å². The lowest BCUT2D eigenvalue weighted by Gasteiger charge is -2.33. The van der Waals surface area contributed by atoms with Crippen LogP contribution in [0.25, 0.3) is 0 Å². The molecule has 2 aliphatic heterocycles. The van der Waals surface area contributed by atoms with E-state index in [9.17, 15) is 9.59 Å². The normalized spacial score (nSPS) is 17.8. The van der Waals surface area contributed by atoms with Gasteiger partial charge in [0.15, 0.2) is 0 Å². The van der Waals surface area contributed by atoms with Crippen LogP contribution in [0.5, 0.6) is 0 Å². The summed E-state index contributed by atoms with van der Waals surface area (Å²) in [6, 6.07) is 3.78. The molecule has 0 aliphatic carbocycles. The number of carbonyl (C=O) groups excluding carboxylic acids is 2. The summed E-state index contributed by atoms with van der Waals surface area (Å²) in [6.07, 6.45) is 10.5. The zero-order chi connectivity index (χ0) is 20.9. The summed E-state index contributed by atoms with van der Waals surface area (Å²) in [7, 11) is 0. The molecule has 0 atom stereocenters. The SMILES string of the molecule is Cc1ncc(C(=O)N2CCCCC2)c(C2CCN(C(=O)Cc3cccnc3)CC2)n1. The van der Waals surface area contributed by atoms with Gasteiger partial charge in [0.2, 0.25) is 5.91 Å². The molecule has 0 saturated carbocycles. The Balaban J connectivity index is 1.43. The van der Waals surface area contributed by atoms with Crippen molar-refractivity contribution in [2.75, 3.05) is 26.2 Å². The van der Waals surface area contributed by atoms with E-state index in [2.05, 4.69) is 15.0 Å². The van der Waals surface area contributed by atoms with Crippen LogP contribution in [0.15, 0.2) is 30.7 Å². The van der Waals surface area contributed by atoms with Crippen molar-refractivity contribution in [2.24, 2.45) is 0 Å². The molecule has 4 rings (SSSR count). The van der Waals surface area contributed by atoms with Gasteiger partial charge in [-0.05, 0) is 50.7 Å². The zero-order valence-corrected chi connectivity index (χ0v) is 17.6. The van der Waals surface area contributed by atoms with Crippen LogP contribution in [-0.2, 0) is 11.2 Å². The molecule has 0 N–H and O–H groups in total. The number of amides is 2. The van der Waals surface area contributed by atoms with E-state index < -0.39 is 0 Å². The van der Waals surface area contributed by atoms with Crippen LogP contribution < -0.4 is 0 Å². The van der Waals surface area contributed by atoms with Crippen molar-refractivity contribution in [1.29, 1.82) is 0 Å². The molecule has 0 unspecified atom stereocenters. The third kappa shape index (κ3) is 4.66. The fraction of sp³-hybridized carbons (Fsp3) is 0.522. The summed E-state index contributed by atoms with van der Waals surface area (Å²) in [5.74, 6) is 1.05. The predicted molar refractivity (Wildman–Crippen MR) is 113 cm³/mol. The molecular formula is C23H29N5O2. The zero-order valence-electron chi connectivity index (χ0n) is 17.6. The number of hydrogen-bond acceptors (Lipinski definition) is 5. The van der Waals surface area contributed by atoms with E-state index in [4.69, 9.17) is 0 Å². The number of nitrogens with zero attached hydrogens (tertiary/aromatic N) is 5. The van der Waals surface area contributed by atoms with E-state index in [1.165, 1.54) is 6.42 Å². The maximum absolute atomic E-state index is 13.1. The minimum absolute atomic E-state index is 0.0554. The Morgan fingerprint density at radius 1 is 1.03 bits per heavy atom. The molecule has 0 bridgehead atoms. The molecule has 2 amide bonds. The van der Waals surface area contributed by atoms with Crippen LogP contribution in [0.1, 0.15) is 65.5 Å². The summed E-state index contributed by atoms with van der Waals surface area (Å²) in [4.78, 5) is 42.7. The molecule has 7 nitrogen and oxygen atoms in total. The third-order valence-electron chi connectivity index (χ3n) is 6.12. The largest absolute Gasteiger partial charge is 0.342 e. The molecule has 0 spiro atoms. The van der Waals surface area contributed by atoms with Crippen molar-refractivity contribution >= 4 is 11.8 Å². The van der Waals surface area contributed by atoms with Gasteiger partial charge in [-0.2, -0.15) is 0 Å². The van der Waals surface area contributed by atoms with E-state index >= 15 is 0 Å². The maximum Gasteiger partial charge on any atom is 0.257 e. The molecular weight excluding hydrogens is 378 g/mol. The second-order valence-electron chi connectivity index (χ2n) is 8.26. The highest BCUT2D eigenvalue weighted by Crippen LogP contribution is 2.30. The van der Waals surface area contributed by atoms with Crippen LogP contribution >= 0.6 is 0 Å². The maximum atomic E-state index is 13.1. The van der Waals surface area contributed by atoms with Gasteiger partial charge in [0.25, 0.3) is 5.91 Å². The second kappa shape index (κ2) is 9.32. The molecule has 2 aromatic heterocycles. The Morgan fingerprint density at radius 2 is 1.80 bits per heavy atom. The number of aryl methyl sites for hydroxylation is 1. The van der Waals surface area contributed by atoms with Gasteiger partial charge >= 0.3 is 0 Å². The van der Waals surface area contributed by atoms with Crippen molar-refractivity contribution in [2.45, 2.75) is 51.4 Å².